The van der Waals surface area contributed by atoms with Crippen molar-refractivity contribution >= 4 is 71.6 Å². The van der Waals surface area contributed by atoms with Gasteiger partial charge < -0.3 is 13.9 Å². The van der Waals surface area contributed by atoms with E-state index >= 15 is 0 Å². The molecular formula is C52H34N2O. The van der Waals surface area contributed by atoms with Crippen molar-refractivity contribution in [2.24, 2.45) is 0 Å². The van der Waals surface area contributed by atoms with Crippen molar-refractivity contribution < 1.29 is 4.42 Å². The topological polar surface area (TPSA) is 21.3 Å². The van der Waals surface area contributed by atoms with Crippen molar-refractivity contribution in [2.75, 3.05) is 4.90 Å². The molecule has 3 nitrogen and oxygen atoms in total. The minimum absolute atomic E-state index is 0.874. The molecule has 0 atom stereocenters. The number of benzene rings is 9. The molecule has 0 aliphatic carbocycles. The molecule has 11 aromatic rings. The van der Waals surface area contributed by atoms with Gasteiger partial charge in [-0.15, -0.1) is 0 Å². The van der Waals surface area contributed by atoms with Gasteiger partial charge >= 0.3 is 0 Å². The summed E-state index contributed by atoms with van der Waals surface area (Å²) in [6.07, 6.45) is 0. The van der Waals surface area contributed by atoms with Crippen LogP contribution in [0.15, 0.2) is 211 Å². The molecule has 11 rings (SSSR count). The first kappa shape index (κ1) is 31.2. The van der Waals surface area contributed by atoms with Crippen LogP contribution in [0.3, 0.4) is 0 Å². The fourth-order valence-corrected chi connectivity index (χ4v) is 8.45. The lowest BCUT2D eigenvalue weighted by molar-refractivity contribution is 0.669. The summed E-state index contributed by atoms with van der Waals surface area (Å²) in [4.78, 5) is 2.34. The van der Waals surface area contributed by atoms with E-state index < -0.39 is 0 Å². The van der Waals surface area contributed by atoms with Gasteiger partial charge in [0, 0.05) is 49.9 Å². The SMILES string of the molecule is c1cc(-c2ccc(N(c3ccc4c(c3)oc3ccccc34)c3cccc4ccccc34)cc2)cc(-c2ccccc2-n2c3ccccc3c3ccccc32)c1. The maximum atomic E-state index is 6.37. The zero-order valence-corrected chi connectivity index (χ0v) is 29.9. The zero-order valence-electron chi connectivity index (χ0n) is 29.9. The van der Waals surface area contributed by atoms with Crippen LogP contribution in [0.25, 0.3) is 82.5 Å². The molecule has 0 saturated heterocycles. The highest BCUT2D eigenvalue weighted by molar-refractivity contribution is 6.10. The lowest BCUT2D eigenvalue weighted by Crippen LogP contribution is -2.10. The number of furan rings is 1. The van der Waals surface area contributed by atoms with E-state index in [1.165, 1.54) is 55.0 Å². The highest BCUT2D eigenvalue weighted by Crippen LogP contribution is 2.42. The van der Waals surface area contributed by atoms with Crippen molar-refractivity contribution in [1.82, 2.24) is 4.57 Å². The van der Waals surface area contributed by atoms with Gasteiger partial charge in [-0.05, 0) is 82.7 Å². The summed E-state index contributed by atoms with van der Waals surface area (Å²) in [5.41, 5.74) is 13.3. The number of anilines is 3. The summed E-state index contributed by atoms with van der Waals surface area (Å²) in [5, 5.41) is 7.16. The molecule has 3 heteroatoms. The Morgan fingerprint density at radius 1 is 0.364 bits per heavy atom. The van der Waals surface area contributed by atoms with E-state index in [4.69, 9.17) is 4.42 Å². The number of hydrogen-bond donors (Lipinski definition) is 0. The molecule has 0 fully saturated rings. The monoisotopic (exact) mass is 702 g/mol. The first-order valence-electron chi connectivity index (χ1n) is 18.8. The predicted octanol–water partition coefficient (Wildman–Crippen LogP) is 14.6. The smallest absolute Gasteiger partial charge is 0.137 e. The first-order chi connectivity index (χ1) is 27.3. The fraction of sp³-hybridized carbons (Fsp3) is 0. The maximum absolute atomic E-state index is 6.37. The third-order valence-electron chi connectivity index (χ3n) is 11.0. The Balaban J connectivity index is 1.01. The largest absolute Gasteiger partial charge is 0.456 e. The van der Waals surface area contributed by atoms with Crippen molar-refractivity contribution in [3.8, 4) is 27.9 Å². The van der Waals surface area contributed by atoms with E-state index in [9.17, 15) is 0 Å². The average Bonchev–Trinajstić information content (AvgIpc) is 3.80. The van der Waals surface area contributed by atoms with E-state index in [2.05, 4.69) is 204 Å². The number of fused-ring (bicyclic) bond motifs is 7. The highest BCUT2D eigenvalue weighted by Gasteiger charge is 2.19. The van der Waals surface area contributed by atoms with Gasteiger partial charge in [-0.1, -0.05) is 140 Å². The number of aromatic nitrogens is 1. The Kier molecular flexibility index (Phi) is 7.17. The molecule has 0 bridgehead atoms. The van der Waals surface area contributed by atoms with Crippen LogP contribution in [-0.4, -0.2) is 4.57 Å². The molecule has 2 aromatic heterocycles. The summed E-state index contributed by atoms with van der Waals surface area (Å²) >= 11 is 0. The molecule has 0 aliphatic rings. The van der Waals surface area contributed by atoms with Crippen LogP contribution in [0.2, 0.25) is 0 Å². The second-order valence-electron chi connectivity index (χ2n) is 14.1. The Bertz CT molecular complexity index is 3160. The maximum Gasteiger partial charge on any atom is 0.137 e. The second kappa shape index (κ2) is 12.6. The molecular weight excluding hydrogens is 669 g/mol. The van der Waals surface area contributed by atoms with Crippen LogP contribution in [-0.2, 0) is 0 Å². The van der Waals surface area contributed by atoms with Crippen LogP contribution in [0.4, 0.5) is 17.1 Å². The van der Waals surface area contributed by atoms with Gasteiger partial charge in [0.05, 0.1) is 22.4 Å². The van der Waals surface area contributed by atoms with E-state index in [1.807, 2.05) is 12.1 Å². The van der Waals surface area contributed by atoms with Crippen LogP contribution >= 0.6 is 0 Å². The minimum atomic E-state index is 0.874. The minimum Gasteiger partial charge on any atom is -0.456 e. The van der Waals surface area contributed by atoms with Gasteiger partial charge in [0.1, 0.15) is 11.2 Å². The molecule has 55 heavy (non-hydrogen) atoms. The highest BCUT2D eigenvalue weighted by atomic mass is 16.3. The van der Waals surface area contributed by atoms with Crippen molar-refractivity contribution in [3.63, 3.8) is 0 Å². The lowest BCUT2D eigenvalue weighted by Gasteiger charge is -2.27. The Morgan fingerprint density at radius 3 is 1.78 bits per heavy atom. The van der Waals surface area contributed by atoms with E-state index in [1.54, 1.807) is 0 Å². The number of nitrogens with zero attached hydrogens (tertiary/aromatic N) is 2. The standard InChI is InChI=1S/C52H34N2O/c1-2-17-41-36(13-1)14-12-25-47(41)53(40-31-32-46-45-21-6-10-26-51(45)55-52(46)34-40)39-29-27-35(28-30-39)37-15-11-16-38(33-37)42-18-3-7-22-48(42)54-49-23-8-4-19-43(49)44-20-5-9-24-50(44)54/h1-34H. The molecule has 0 aliphatic heterocycles. The number of rotatable bonds is 6. The normalized spacial score (nSPS) is 11.6. The fourth-order valence-electron chi connectivity index (χ4n) is 8.45. The molecule has 0 unspecified atom stereocenters. The quantitative estimate of drug-likeness (QED) is 0.172. The lowest BCUT2D eigenvalue weighted by atomic mass is 9.97. The van der Waals surface area contributed by atoms with Crippen LogP contribution in [0, 0.1) is 0 Å². The zero-order chi connectivity index (χ0) is 36.3. The average molecular weight is 703 g/mol. The van der Waals surface area contributed by atoms with Gasteiger partial charge in [0.25, 0.3) is 0 Å². The van der Waals surface area contributed by atoms with Gasteiger partial charge in [0.15, 0.2) is 0 Å². The van der Waals surface area contributed by atoms with E-state index in [0.29, 0.717) is 0 Å². The summed E-state index contributed by atoms with van der Waals surface area (Å²) < 4.78 is 8.78. The molecule has 0 N–H and O–H groups in total. The summed E-state index contributed by atoms with van der Waals surface area (Å²) in [6, 6.07) is 73.9. The van der Waals surface area contributed by atoms with Gasteiger partial charge in [0.2, 0.25) is 0 Å². The second-order valence-corrected chi connectivity index (χ2v) is 14.1. The van der Waals surface area contributed by atoms with E-state index in [-0.39, 0.29) is 0 Å². The Morgan fingerprint density at radius 2 is 0.964 bits per heavy atom. The third-order valence-corrected chi connectivity index (χ3v) is 11.0. The molecule has 9 aromatic carbocycles. The Hall–Kier alpha value is -7.36. The number of hydrogen-bond acceptors (Lipinski definition) is 2. The van der Waals surface area contributed by atoms with Crippen LogP contribution in [0.1, 0.15) is 0 Å². The van der Waals surface area contributed by atoms with Crippen LogP contribution in [0.5, 0.6) is 0 Å². The molecule has 0 spiro atoms. The van der Waals surface area contributed by atoms with Crippen molar-refractivity contribution in [1.29, 1.82) is 0 Å². The van der Waals surface area contributed by atoms with Crippen molar-refractivity contribution in [3.05, 3.63) is 206 Å². The third kappa shape index (κ3) is 5.13. The predicted molar refractivity (Wildman–Crippen MR) is 231 cm³/mol. The number of para-hydroxylation sites is 4. The molecule has 258 valence electrons. The molecule has 0 saturated carbocycles. The van der Waals surface area contributed by atoms with E-state index in [0.717, 1.165) is 44.6 Å². The Labute approximate surface area is 318 Å². The van der Waals surface area contributed by atoms with Crippen LogP contribution < -0.4 is 4.90 Å². The summed E-state index contributed by atoms with van der Waals surface area (Å²) in [6.45, 7) is 0. The van der Waals surface area contributed by atoms with Gasteiger partial charge in [-0.2, -0.15) is 0 Å². The van der Waals surface area contributed by atoms with Gasteiger partial charge in [-0.3, -0.25) is 0 Å². The first-order valence-corrected chi connectivity index (χ1v) is 18.8. The molecule has 0 radical (unpaired) electrons. The van der Waals surface area contributed by atoms with Gasteiger partial charge in [-0.25, -0.2) is 0 Å². The molecule has 2 heterocycles. The molecule has 0 amide bonds. The summed E-state index contributed by atoms with van der Waals surface area (Å²) in [7, 11) is 0. The van der Waals surface area contributed by atoms with Crippen molar-refractivity contribution in [2.45, 2.75) is 0 Å². The summed E-state index contributed by atoms with van der Waals surface area (Å²) in [5.74, 6) is 0.